The average Bonchev–Trinajstić information content (AvgIpc) is 3.09. The number of nitrogens with zero attached hydrogens (tertiary/aromatic N) is 2. The lowest BCUT2D eigenvalue weighted by Gasteiger charge is -2.40. The third-order valence-corrected chi connectivity index (χ3v) is 10.7. The molecule has 0 spiro atoms. The van der Waals surface area contributed by atoms with Gasteiger partial charge in [-0.3, -0.25) is 0 Å². The summed E-state index contributed by atoms with van der Waals surface area (Å²) in [6, 6.07) is 16.7. The molecular weight excluding hydrogens is 527 g/mol. The van der Waals surface area contributed by atoms with E-state index in [2.05, 4.69) is 16.8 Å². The first-order valence-electron chi connectivity index (χ1n) is 14.2. The third-order valence-electron chi connectivity index (χ3n) is 8.87. The monoisotopic (exact) mass is 564 g/mol. The van der Waals surface area contributed by atoms with E-state index in [1.807, 2.05) is 24.3 Å². The Morgan fingerprint density at radius 1 is 0.900 bits per heavy atom. The molecule has 0 N–H and O–H groups in total. The largest absolute Gasteiger partial charge is 0.495 e. The molecule has 3 aromatic rings. The molecule has 6 rings (SSSR count). The molecule has 0 aliphatic carbocycles. The van der Waals surface area contributed by atoms with Crippen LogP contribution in [0.5, 0.6) is 11.5 Å². The highest BCUT2D eigenvalue weighted by Gasteiger charge is 2.42. The summed E-state index contributed by atoms with van der Waals surface area (Å²) in [4.78, 5) is 5.22. The molecule has 212 valence electrons. The molecule has 2 saturated heterocycles. The van der Waals surface area contributed by atoms with Gasteiger partial charge < -0.3 is 19.3 Å². The Bertz CT molecular complexity index is 1490. The van der Waals surface area contributed by atoms with Gasteiger partial charge in [-0.25, -0.2) is 12.8 Å². The van der Waals surface area contributed by atoms with Gasteiger partial charge in [-0.15, -0.1) is 0 Å². The second-order valence-electron chi connectivity index (χ2n) is 11.5. The number of halogens is 1. The Morgan fingerprint density at radius 3 is 2.17 bits per heavy atom. The molecule has 0 amide bonds. The zero-order valence-electron chi connectivity index (χ0n) is 23.4. The maximum atomic E-state index is 13.8. The van der Waals surface area contributed by atoms with Crippen LogP contribution in [0.25, 0.3) is 0 Å². The van der Waals surface area contributed by atoms with Crippen LogP contribution in [0.1, 0.15) is 42.4 Å². The number of aryl methyl sites for hydroxylation is 1. The fraction of sp³-hybridized carbons (Fsp3) is 0.438. The van der Waals surface area contributed by atoms with Crippen LogP contribution >= 0.6 is 0 Å². The molecule has 3 aliphatic heterocycles. The first-order chi connectivity index (χ1) is 19.2. The van der Waals surface area contributed by atoms with Crippen molar-refractivity contribution in [2.75, 3.05) is 32.1 Å². The van der Waals surface area contributed by atoms with Gasteiger partial charge in [0.15, 0.2) is 0 Å². The number of anilines is 1. The van der Waals surface area contributed by atoms with Crippen molar-refractivity contribution < 1.29 is 22.3 Å². The van der Waals surface area contributed by atoms with Crippen molar-refractivity contribution in [3.8, 4) is 11.5 Å². The van der Waals surface area contributed by atoms with Gasteiger partial charge in [0.25, 0.3) is 0 Å². The van der Waals surface area contributed by atoms with Crippen LogP contribution in [0.4, 0.5) is 10.1 Å². The van der Waals surface area contributed by atoms with Gasteiger partial charge in [0.05, 0.1) is 12.0 Å². The van der Waals surface area contributed by atoms with Crippen molar-refractivity contribution in [1.82, 2.24) is 4.90 Å². The number of fused-ring (bicyclic) bond motifs is 3. The van der Waals surface area contributed by atoms with E-state index < -0.39 is 9.84 Å². The minimum Gasteiger partial charge on any atom is -0.495 e. The molecule has 6 nitrogen and oxygen atoms in total. The van der Waals surface area contributed by atoms with Gasteiger partial charge in [-0.2, -0.15) is 0 Å². The van der Waals surface area contributed by atoms with E-state index in [1.54, 1.807) is 31.2 Å². The highest BCUT2D eigenvalue weighted by molar-refractivity contribution is 7.91. The molecule has 2 fully saturated rings. The SMILES string of the molecule is COc1cc2c(cc1S(=O)(=O)c1ccc(N3C4CCC3CC(Oc3ccc(F)c(C)c3)C4)cc1)CCN(C)CC2. The molecule has 0 saturated carbocycles. The number of piperidine rings is 1. The summed E-state index contributed by atoms with van der Waals surface area (Å²) in [6.07, 6.45) is 5.70. The van der Waals surface area contributed by atoms with E-state index in [0.29, 0.717) is 29.1 Å². The fourth-order valence-corrected chi connectivity index (χ4v) is 8.12. The van der Waals surface area contributed by atoms with Gasteiger partial charge in [-0.05, 0) is 111 Å². The zero-order chi connectivity index (χ0) is 28.0. The van der Waals surface area contributed by atoms with Crippen molar-refractivity contribution in [1.29, 1.82) is 0 Å². The van der Waals surface area contributed by atoms with Crippen molar-refractivity contribution >= 4 is 15.5 Å². The van der Waals surface area contributed by atoms with E-state index in [4.69, 9.17) is 9.47 Å². The van der Waals surface area contributed by atoms with Crippen LogP contribution in [0.3, 0.4) is 0 Å². The first kappa shape index (κ1) is 27.1. The molecule has 0 radical (unpaired) electrons. The molecule has 3 heterocycles. The van der Waals surface area contributed by atoms with Gasteiger partial charge in [0.2, 0.25) is 9.84 Å². The predicted molar refractivity (Wildman–Crippen MR) is 154 cm³/mol. The topological polar surface area (TPSA) is 59.1 Å². The van der Waals surface area contributed by atoms with Gasteiger partial charge >= 0.3 is 0 Å². The summed E-state index contributed by atoms with van der Waals surface area (Å²) in [7, 11) is -0.125. The summed E-state index contributed by atoms with van der Waals surface area (Å²) in [6.45, 7) is 3.60. The Kier molecular flexibility index (Phi) is 7.25. The van der Waals surface area contributed by atoms with Crippen LogP contribution in [-0.4, -0.2) is 58.8 Å². The van der Waals surface area contributed by atoms with E-state index in [0.717, 1.165) is 68.4 Å². The number of methoxy groups -OCH3 is 1. The Morgan fingerprint density at radius 2 is 1.55 bits per heavy atom. The Balaban J connectivity index is 1.20. The van der Waals surface area contributed by atoms with Gasteiger partial charge in [0, 0.05) is 43.7 Å². The normalized spacial score (nSPS) is 23.0. The predicted octanol–water partition coefficient (Wildman–Crippen LogP) is 5.58. The van der Waals surface area contributed by atoms with E-state index in [1.165, 1.54) is 13.2 Å². The third kappa shape index (κ3) is 5.07. The van der Waals surface area contributed by atoms with E-state index >= 15 is 0 Å². The van der Waals surface area contributed by atoms with Crippen LogP contribution in [0.2, 0.25) is 0 Å². The Hall–Kier alpha value is -3.10. The number of hydrogen-bond acceptors (Lipinski definition) is 6. The number of benzene rings is 3. The van der Waals surface area contributed by atoms with Crippen molar-refractivity contribution in [3.63, 3.8) is 0 Å². The van der Waals surface area contributed by atoms with Crippen LogP contribution in [-0.2, 0) is 22.7 Å². The smallest absolute Gasteiger partial charge is 0.210 e. The molecule has 0 aromatic heterocycles. The number of hydrogen-bond donors (Lipinski definition) is 0. The minimum absolute atomic E-state index is 0.0822. The highest BCUT2D eigenvalue weighted by atomic mass is 32.2. The van der Waals surface area contributed by atoms with Crippen LogP contribution < -0.4 is 14.4 Å². The molecule has 3 aliphatic rings. The lowest BCUT2D eigenvalue weighted by atomic mass is 9.98. The molecule has 3 aromatic carbocycles. The molecule has 40 heavy (non-hydrogen) atoms. The summed E-state index contributed by atoms with van der Waals surface area (Å²) in [5.41, 5.74) is 3.87. The fourth-order valence-electron chi connectivity index (χ4n) is 6.67. The van der Waals surface area contributed by atoms with Gasteiger partial charge in [-0.1, -0.05) is 0 Å². The maximum absolute atomic E-state index is 13.8. The standard InChI is InChI=1S/C32H37FN2O4S/c1-21-16-27(8-11-30(21)33)39-28-19-25-4-5-26(20-28)35(25)24-6-9-29(10-7-24)40(36,37)32-18-23-13-15-34(2)14-12-22(23)17-31(32)38-3/h6-11,16-18,25-26,28H,4-5,12-15,19-20H2,1-3H3. The molecule has 2 atom stereocenters. The number of rotatable bonds is 6. The van der Waals surface area contributed by atoms with Crippen LogP contribution in [0, 0.1) is 12.7 Å². The lowest BCUT2D eigenvalue weighted by Crippen LogP contribution is -2.46. The van der Waals surface area contributed by atoms with Crippen LogP contribution in [0.15, 0.2) is 64.4 Å². The quantitative estimate of drug-likeness (QED) is 0.389. The summed E-state index contributed by atoms with van der Waals surface area (Å²) < 4.78 is 53.1. The Labute approximate surface area is 236 Å². The molecule has 2 bridgehead atoms. The summed E-state index contributed by atoms with van der Waals surface area (Å²) in [5.74, 6) is 0.899. The number of sulfone groups is 1. The summed E-state index contributed by atoms with van der Waals surface area (Å²) >= 11 is 0. The second kappa shape index (κ2) is 10.7. The highest BCUT2D eigenvalue weighted by Crippen LogP contribution is 2.41. The van der Waals surface area contributed by atoms with E-state index in [9.17, 15) is 12.8 Å². The van der Waals surface area contributed by atoms with Crippen molar-refractivity contribution in [3.05, 3.63) is 77.1 Å². The lowest BCUT2D eigenvalue weighted by molar-refractivity contribution is 0.150. The average molecular weight is 565 g/mol. The zero-order valence-corrected chi connectivity index (χ0v) is 24.2. The number of ether oxygens (including phenoxy) is 2. The molecule has 8 heteroatoms. The molecular formula is C32H37FN2O4S. The van der Waals surface area contributed by atoms with E-state index in [-0.39, 0.29) is 21.7 Å². The number of likely N-dealkylation sites (N-methyl/N-ethyl adjacent to an activating group) is 1. The summed E-state index contributed by atoms with van der Waals surface area (Å²) in [5, 5.41) is 0. The minimum atomic E-state index is -3.75. The maximum Gasteiger partial charge on any atom is 0.210 e. The second-order valence-corrected chi connectivity index (χ2v) is 13.4. The van der Waals surface area contributed by atoms with Crippen molar-refractivity contribution in [2.45, 2.75) is 73.4 Å². The molecule has 2 unspecified atom stereocenters. The van der Waals surface area contributed by atoms with Gasteiger partial charge in [0.1, 0.15) is 28.3 Å². The van der Waals surface area contributed by atoms with Crippen molar-refractivity contribution in [2.24, 2.45) is 0 Å². The first-order valence-corrected chi connectivity index (χ1v) is 15.7.